The molecule has 3 rings (SSSR count). The first-order chi connectivity index (χ1) is 11.1. The molecular formula is C17H21N3O3. The Balaban J connectivity index is 1.73. The van der Waals surface area contributed by atoms with Crippen molar-refractivity contribution in [3.8, 4) is 11.5 Å². The minimum atomic E-state index is -0.626. The summed E-state index contributed by atoms with van der Waals surface area (Å²) in [4.78, 5) is 21.9. The van der Waals surface area contributed by atoms with Gasteiger partial charge in [-0.3, -0.25) is 4.79 Å². The average molecular weight is 315 g/mol. The van der Waals surface area contributed by atoms with E-state index in [4.69, 9.17) is 9.47 Å². The molecule has 0 bridgehead atoms. The van der Waals surface area contributed by atoms with Gasteiger partial charge >= 0.3 is 0 Å². The molecule has 1 aliphatic heterocycles. The molecule has 0 aliphatic carbocycles. The van der Waals surface area contributed by atoms with Gasteiger partial charge in [0.15, 0.2) is 11.5 Å². The highest BCUT2D eigenvalue weighted by atomic mass is 16.6. The van der Waals surface area contributed by atoms with Gasteiger partial charge in [-0.05, 0) is 18.1 Å². The first-order valence-electron chi connectivity index (χ1n) is 7.79. The maximum Gasteiger partial charge on any atom is 0.267 e. The number of benzene rings is 1. The zero-order valence-corrected chi connectivity index (χ0v) is 13.4. The number of aromatic nitrogens is 2. The molecule has 0 fully saturated rings. The van der Waals surface area contributed by atoms with E-state index in [1.807, 2.05) is 24.3 Å². The van der Waals surface area contributed by atoms with Gasteiger partial charge in [-0.2, -0.15) is 0 Å². The van der Waals surface area contributed by atoms with E-state index in [0.717, 1.165) is 5.82 Å². The molecule has 0 spiro atoms. The number of rotatable bonds is 5. The third-order valence-corrected chi connectivity index (χ3v) is 3.58. The van der Waals surface area contributed by atoms with E-state index < -0.39 is 6.10 Å². The van der Waals surface area contributed by atoms with Crippen LogP contribution in [0.2, 0.25) is 0 Å². The van der Waals surface area contributed by atoms with Crippen LogP contribution in [0.3, 0.4) is 0 Å². The average Bonchev–Trinajstić information content (AvgIpc) is 3.06. The Morgan fingerprint density at radius 3 is 2.87 bits per heavy atom. The number of amides is 1. The zero-order chi connectivity index (χ0) is 16.2. The number of nitrogens with zero attached hydrogens (tertiary/aromatic N) is 2. The van der Waals surface area contributed by atoms with E-state index in [1.54, 1.807) is 17.3 Å². The molecular weight excluding hydrogens is 294 g/mol. The fourth-order valence-corrected chi connectivity index (χ4v) is 2.58. The molecule has 1 aromatic heterocycles. The summed E-state index contributed by atoms with van der Waals surface area (Å²) in [7, 11) is 0. The van der Waals surface area contributed by atoms with E-state index >= 15 is 0 Å². The number of ether oxygens (including phenoxy) is 2. The third kappa shape index (κ3) is 3.64. The van der Waals surface area contributed by atoms with E-state index in [1.165, 1.54) is 0 Å². The predicted octanol–water partition coefficient (Wildman–Crippen LogP) is 2.23. The Labute approximate surface area is 135 Å². The van der Waals surface area contributed by atoms with Crippen LogP contribution >= 0.6 is 0 Å². The fourth-order valence-electron chi connectivity index (χ4n) is 2.58. The number of hydrogen-bond acceptors (Lipinski definition) is 4. The number of imidazole rings is 1. The molecule has 0 saturated heterocycles. The van der Waals surface area contributed by atoms with Gasteiger partial charge in [0.05, 0.1) is 6.54 Å². The number of aromatic amines is 1. The summed E-state index contributed by atoms with van der Waals surface area (Å²) in [5.74, 6) is 2.32. The van der Waals surface area contributed by atoms with Crippen molar-refractivity contribution in [3.05, 3.63) is 42.5 Å². The SMILES string of the molecule is CC(C)CN(Cc1ncc[nH]1)C(=O)[C@H]1COc2ccccc2O1. The van der Waals surface area contributed by atoms with Crippen LogP contribution < -0.4 is 9.47 Å². The van der Waals surface area contributed by atoms with Crippen molar-refractivity contribution in [2.24, 2.45) is 5.92 Å². The van der Waals surface area contributed by atoms with Crippen molar-refractivity contribution >= 4 is 5.91 Å². The van der Waals surface area contributed by atoms with Crippen LogP contribution in [0, 0.1) is 5.92 Å². The molecule has 1 aromatic carbocycles. The summed E-state index contributed by atoms with van der Waals surface area (Å²) in [6.07, 6.45) is 2.81. The molecule has 6 heteroatoms. The van der Waals surface area contributed by atoms with Crippen LogP contribution in [0.15, 0.2) is 36.7 Å². The Morgan fingerprint density at radius 2 is 2.17 bits per heavy atom. The summed E-state index contributed by atoms with van der Waals surface area (Å²) < 4.78 is 11.5. The molecule has 0 radical (unpaired) electrons. The van der Waals surface area contributed by atoms with Crippen molar-refractivity contribution in [2.45, 2.75) is 26.5 Å². The molecule has 0 saturated carbocycles. The largest absolute Gasteiger partial charge is 0.485 e. The Kier molecular flexibility index (Phi) is 4.50. The number of nitrogens with one attached hydrogen (secondary N) is 1. The Hall–Kier alpha value is -2.50. The normalized spacial score (nSPS) is 16.4. The highest BCUT2D eigenvalue weighted by molar-refractivity contribution is 5.82. The van der Waals surface area contributed by atoms with Crippen molar-refractivity contribution in [2.75, 3.05) is 13.2 Å². The van der Waals surface area contributed by atoms with E-state index in [9.17, 15) is 4.79 Å². The molecule has 2 aromatic rings. The molecule has 1 amide bonds. The molecule has 1 aliphatic rings. The molecule has 1 N–H and O–H groups in total. The lowest BCUT2D eigenvalue weighted by Gasteiger charge is -2.31. The summed E-state index contributed by atoms with van der Waals surface area (Å²) in [6, 6.07) is 7.40. The van der Waals surface area contributed by atoms with Crippen molar-refractivity contribution < 1.29 is 14.3 Å². The van der Waals surface area contributed by atoms with Crippen LogP contribution in [0.25, 0.3) is 0 Å². The number of para-hydroxylation sites is 2. The van der Waals surface area contributed by atoms with Gasteiger partial charge in [0.25, 0.3) is 5.91 Å². The molecule has 122 valence electrons. The number of H-pyrrole nitrogens is 1. The van der Waals surface area contributed by atoms with Gasteiger partial charge < -0.3 is 19.4 Å². The van der Waals surface area contributed by atoms with Crippen molar-refractivity contribution in [1.29, 1.82) is 0 Å². The van der Waals surface area contributed by atoms with Gasteiger partial charge in [-0.15, -0.1) is 0 Å². The lowest BCUT2D eigenvalue weighted by atomic mass is 10.2. The van der Waals surface area contributed by atoms with Crippen LogP contribution in [-0.2, 0) is 11.3 Å². The number of carbonyl (C=O) groups is 1. The minimum Gasteiger partial charge on any atom is -0.485 e. The monoisotopic (exact) mass is 315 g/mol. The summed E-state index contributed by atoms with van der Waals surface area (Å²) >= 11 is 0. The second-order valence-corrected chi connectivity index (χ2v) is 6.01. The Bertz CT molecular complexity index is 655. The van der Waals surface area contributed by atoms with E-state index in [0.29, 0.717) is 30.5 Å². The maximum atomic E-state index is 12.8. The number of carbonyl (C=O) groups excluding carboxylic acids is 1. The summed E-state index contributed by atoms with van der Waals surface area (Å²) in [5.41, 5.74) is 0. The third-order valence-electron chi connectivity index (χ3n) is 3.58. The predicted molar refractivity (Wildman–Crippen MR) is 85.2 cm³/mol. The van der Waals surface area contributed by atoms with Gasteiger partial charge in [0.1, 0.15) is 12.4 Å². The summed E-state index contributed by atoms with van der Waals surface area (Å²) in [6.45, 7) is 5.46. The van der Waals surface area contributed by atoms with E-state index in [2.05, 4.69) is 23.8 Å². The molecule has 0 unspecified atom stereocenters. The second-order valence-electron chi connectivity index (χ2n) is 6.01. The topological polar surface area (TPSA) is 67.5 Å². The highest BCUT2D eigenvalue weighted by Crippen LogP contribution is 2.31. The summed E-state index contributed by atoms with van der Waals surface area (Å²) in [5, 5.41) is 0. The first kappa shape index (κ1) is 15.4. The van der Waals surface area contributed by atoms with Crippen molar-refractivity contribution in [3.63, 3.8) is 0 Å². The molecule has 23 heavy (non-hydrogen) atoms. The lowest BCUT2D eigenvalue weighted by molar-refractivity contribution is -0.142. The van der Waals surface area contributed by atoms with Gasteiger partial charge in [-0.25, -0.2) is 4.98 Å². The van der Waals surface area contributed by atoms with E-state index in [-0.39, 0.29) is 12.5 Å². The Morgan fingerprint density at radius 1 is 1.39 bits per heavy atom. The van der Waals surface area contributed by atoms with Crippen molar-refractivity contribution in [1.82, 2.24) is 14.9 Å². The van der Waals surface area contributed by atoms with Gasteiger partial charge in [-0.1, -0.05) is 26.0 Å². The first-order valence-corrected chi connectivity index (χ1v) is 7.79. The standard InChI is InChI=1S/C17H21N3O3/c1-12(2)9-20(10-16-18-7-8-19-16)17(21)15-11-22-13-5-3-4-6-14(13)23-15/h3-8,12,15H,9-11H2,1-2H3,(H,18,19)/t15-/m1/s1. The van der Waals surface area contributed by atoms with Crippen LogP contribution in [0.5, 0.6) is 11.5 Å². The van der Waals surface area contributed by atoms with Crippen LogP contribution in [0.1, 0.15) is 19.7 Å². The number of fused-ring (bicyclic) bond motifs is 1. The van der Waals surface area contributed by atoms with Gasteiger partial charge in [0.2, 0.25) is 6.10 Å². The molecule has 6 nitrogen and oxygen atoms in total. The maximum absolute atomic E-state index is 12.8. The highest BCUT2D eigenvalue weighted by Gasteiger charge is 2.31. The van der Waals surface area contributed by atoms with Crippen LogP contribution in [-0.4, -0.2) is 40.0 Å². The number of hydrogen-bond donors (Lipinski definition) is 1. The van der Waals surface area contributed by atoms with Crippen LogP contribution in [0.4, 0.5) is 0 Å². The molecule has 2 heterocycles. The minimum absolute atomic E-state index is 0.0791. The fraction of sp³-hybridized carbons (Fsp3) is 0.412. The molecule has 1 atom stereocenters. The smallest absolute Gasteiger partial charge is 0.267 e. The van der Waals surface area contributed by atoms with Gasteiger partial charge in [0, 0.05) is 18.9 Å². The lowest BCUT2D eigenvalue weighted by Crippen LogP contribution is -2.47. The quantitative estimate of drug-likeness (QED) is 0.919. The second kappa shape index (κ2) is 6.73. The zero-order valence-electron chi connectivity index (χ0n) is 13.4.